The Morgan fingerprint density at radius 2 is 1.27 bits per heavy atom. The summed E-state index contributed by atoms with van der Waals surface area (Å²) in [5.74, 6) is 5.49. The number of hydrogen-bond donors (Lipinski definition) is 0. The highest BCUT2D eigenvalue weighted by Gasteiger charge is 2.59. The van der Waals surface area contributed by atoms with Crippen molar-refractivity contribution in [2.45, 2.75) is 253 Å². The number of unbranched alkanes of at least 4 members (excludes halogenated alkanes) is 15. The molecule has 0 aromatic carbocycles. The second-order valence-corrected chi connectivity index (χ2v) is 22.9. The molecule has 0 spiro atoms. The molecule has 4 nitrogen and oxygen atoms in total. The number of fused-ring (bicyclic) bond motifs is 5. The van der Waals surface area contributed by atoms with Gasteiger partial charge in [-0.1, -0.05) is 155 Å². The molecular formula is C58H105NO3. The molecule has 0 aromatic rings. The van der Waals surface area contributed by atoms with Crippen molar-refractivity contribution in [3.63, 3.8) is 0 Å². The van der Waals surface area contributed by atoms with E-state index in [0.29, 0.717) is 23.0 Å². The van der Waals surface area contributed by atoms with Crippen LogP contribution < -0.4 is 0 Å². The maximum atomic E-state index is 6.62. The molecule has 0 aromatic heterocycles. The highest BCUT2D eigenvalue weighted by molar-refractivity contribution is 5.25. The average molecular weight is 864 g/mol. The summed E-state index contributed by atoms with van der Waals surface area (Å²) in [6.07, 6.45) is 49.9. The third-order valence-corrected chi connectivity index (χ3v) is 17.9. The summed E-state index contributed by atoms with van der Waals surface area (Å²) in [6.45, 7) is 21.9. The zero-order valence-electron chi connectivity index (χ0n) is 42.4. The predicted octanol–water partition coefficient (Wildman–Crippen LogP) is 16.5. The highest BCUT2D eigenvalue weighted by atomic mass is 16.5. The van der Waals surface area contributed by atoms with Crippen LogP contribution in [-0.4, -0.2) is 63.2 Å². The summed E-state index contributed by atoms with van der Waals surface area (Å²) < 4.78 is 19.2. The summed E-state index contributed by atoms with van der Waals surface area (Å²) >= 11 is 0. The standard InChI is InChI=1S/C58H105NO3/c1-7-8-9-10-11-12-13-14-15-16-17-18-19-20-21-26-42-60-46-51(59-40-24-25-41-59)47-61-43-27-22-23-28-44-62-52-36-38-57(5)50(45-52)32-33-53-55-35-34-54(49(4)31-29-30-48(2)3)58(55,6)39-37-56(53)57/h14-15,32,48-49,51-56H,7-13,16-31,33-47H2,1-6H3/b15-14-/t49-,51?,52+,53+,54-,55?,56?,57+,58-/m1/s1. The van der Waals surface area contributed by atoms with Gasteiger partial charge in [-0.15, -0.1) is 0 Å². The van der Waals surface area contributed by atoms with Gasteiger partial charge in [0.2, 0.25) is 0 Å². The first kappa shape index (κ1) is 52.3. The first-order valence-electron chi connectivity index (χ1n) is 28.1. The third kappa shape index (κ3) is 16.6. The minimum absolute atomic E-state index is 0.425. The van der Waals surface area contributed by atoms with Crippen LogP contribution >= 0.6 is 0 Å². The van der Waals surface area contributed by atoms with E-state index in [4.69, 9.17) is 14.2 Å². The molecule has 5 aliphatic rings. The van der Waals surface area contributed by atoms with Crippen LogP contribution in [0.5, 0.6) is 0 Å². The van der Waals surface area contributed by atoms with Crippen LogP contribution in [0.15, 0.2) is 23.8 Å². The largest absolute Gasteiger partial charge is 0.380 e. The molecule has 4 fully saturated rings. The van der Waals surface area contributed by atoms with Gasteiger partial charge in [0.05, 0.1) is 25.4 Å². The van der Waals surface area contributed by atoms with Crippen molar-refractivity contribution in [3.05, 3.63) is 23.8 Å². The molecule has 3 unspecified atom stereocenters. The smallest absolute Gasteiger partial charge is 0.0644 e. The minimum Gasteiger partial charge on any atom is -0.380 e. The molecule has 1 aliphatic heterocycles. The van der Waals surface area contributed by atoms with Gasteiger partial charge in [0.25, 0.3) is 0 Å². The van der Waals surface area contributed by atoms with Gasteiger partial charge < -0.3 is 14.2 Å². The Balaban J connectivity index is 0.863. The van der Waals surface area contributed by atoms with Gasteiger partial charge in [-0.05, 0) is 169 Å². The molecule has 0 N–H and O–H groups in total. The van der Waals surface area contributed by atoms with Crippen LogP contribution in [0.25, 0.3) is 0 Å². The Morgan fingerprint density at radius 1 is 0.661 bits per heavy atom. The number of hydrogen-bond acceptors (Lipinski definition) is 4. The quantitative estimate of drug-likeness (QED) is 0.0476. The first-order valence-corrected chi connectivity index (χ1v) is 28.1. The van der Waals surface area contributed by atoms with E-state index in [2.05, 4.69) is 64.7 Å². The summed E-state index contributed by atoms with van der Waals surface area (Å²) in [6, 6.07) is 0.425. The van der Waals surface area contributed by atoms with Crippen LogP contribution in [0, 0.1) is 46.3 Å². The van der Waals surface area contributed by atoms with E-state index in [1.807, 2.05) is 0 Å². The van der Waals surface area contributed by atoms with E-state index in [1.54, 1.807) is 5.57 Å². The number of allylic oxidation sites excluding steroid dienone is 3. The monoisotopic (exact) mass is 864 g/mol. The van der Waals surface area contributed by atoms with Crippen LogP contribution in [0.1, 0.15) is 241 Å². The van der Waals surface area contributed by atoms with Gasteiger partial charge >= 0.3 is 0 Å². The lowest BCUT2D eigenvalue weighted by Crippen LogP contribution is -2.51. The maximum absolute atomic E-state index is 6.62. The van der Waals surface area contributed by atoms with Crippen LogP contribution in [0.2, 0.25) is 0 Å². The normalized spacial score (nSPS) is 29.9. The summed E-state index contributed by atoms with van der Waals surface area (Å²) in [5, 5.41) is 0. The molecule has 0 radical (unpaired) electrons. The van der Waals surface area contributed by atoms with Crippen LogP contribution in [-0.2, 0) is 14.2 Å². The number of ether oxygens (including phenoxy) is 3. The number of nitrogens with zero attached hydrogens (tertiary/aromatic N) is 1. The molecule has 360 valence electrons. The van der Waals surface area contributed by atoms with E-state index < -0.39 is 0 Å². The topological polar surface area (TPSA) is 30.9 Å². The molecule has 4 heteroatoms. The van der Waals surface area contributed by atoms with E-state index >= 15 is 0 Å². The maximum Gasteiger partial charge on any atom is 0.0644 e. The second kappa shape index (κ2) is 29.2. The Morgan fingerprint density at radius 3 is 1.92 bits per heavy atom. The fourth-order valence-electron chi connectivity index (χ4n) is 14.0. The van der Waals surface area contributed by atoms with Gasteiger partial charge in [0.1, 0.15) is 0 Å². The molecule has 0 bridgehead atoms. The predicted molar refractivity (Wildman–Crippen MR) is 267 cm³/mol. The molecule has 4 aliphatic carbocycles. The summed E-state index contributed by atoms with van der Waals surface area (Å²) in [7, 11) is 0. The van der Waals surface area contributed by atoms with E-state index in [9.17, 15) is 0 Å². The Kier molecular flexibility index (Phi) is 24.6. The Hall–Kier alpha value is -0.680. The zero-order chi connectivity index (χ0) is 43.9. The number of rotatable bonds is 34. The van der Waals surface area contributed by atoms with Gasteiger partial charge in [0.15, 0.2) is 0 Å². The van der Waals surface area contributed by atoms with Gasteiger partial charge in [-0.3, -0.25) is 4.90 Å². The molecule has 3 saturated carbocycles. The third-order valence-electron chi connectivity index (χ3n) is 17.9. The van der Waals surface area contributed by atoms with Crippen molar-refractivity contribution in [2.24, 2.45) is 46.3 Å². The van der Waals surface area contributed by atoms with Crippen molar-refractivity contribution < 1.29 is 14.2 Å². The van der Waals surface area contributed by atoms with Crippen LogP contribution in [0.3, 0.4) is 0 Å². The van der Waals surface area contributed by atoms with E-state index in [0.717, 1.165) is 75.0 Å². The fraction of sp³-hybridized carbons (Fsp3) is 0.931. The SMILES string of the molecule is CCCCCCCC/C=C\CCCCCCCCOCC(COCCCCCCO[C@H]1CC[C@@]2(C)C(=CC[C@@H]3C2CC[C@@]2(C)C3CC[C@@H]2[C@H](C)CCCC(C)C)C1)N1CCCC1. The molecular weight excluding hydrogens is 759 g/mol. The van der Waals surface area contributed by atoms with Crippen LogP contribution in [0.4, 0.5) is 0 Å². The Bertz CT molecular complexity index is 1220. The van der Waals surface area contributed by atoms with E-state index in [-0.39, 0.29) is 0 Å². The van der Waals surface area contributed by atoms with Crippen molar-refractivity contribution in [2.75, 3.05) is 46.1 Å². The molecule has 62 heavy (non-hydrogen) atoms. The first-order chi connectivity index (χ1) is 30.3. The lowest BCUT2D eigenvalue weighted by Gasteiger charge is -2.58. The number of likely N-dealkylation sites (tertiary alicyclic amines) is 1. The van der Waals surface area contributed by atoms with Crippen molar-refractivity contribution >= 4 is 0 Å². The van der Waals surface area contributed by atoms with E-state index in [1.165, 1.54) is 206 Å². The van der Waals surface area contributed by atoms with Crippen molar-refractivity contribution in [3.8, 4) is 0 Å². The molecule has 1 saturated heterocycles. The van der Waals surface area contributed by atoms with Gasteiger partial charge in [0, 0.05) is 19.8 Å². The minimum atomic E-state index is 0.425. The lowest BCUT2D eigenvalue weighted by molar-refractivity contribution is -0.0641. The van der Waals surface area contributed by atoms with Gasteiger partial charge in [-0.25, -0.2) is 0 Å². The van der Waals surface area contributed by atoms with Crippen molar-refractivity contribution in [1.29, 1.82) is 0 Å². The summed E-state index contributed by atoms with van der Waals surface area (Å²) in [5.41, 5.74) is 2.79. The zero-order valence-corrected chi connectivity index (χ0v) is 42.4. The molecule has 9 atom stereocenters. The molecule has 0 amide bonds. The second-order valence-electron chi connectivity index (χ2n) is 22.9. The lowest BCUT2D eigenvalue weighted by atomic mass is 9.47. The Labute approximate surface area is 386 Å². The fourth-order valence-corrected chi connectivity index (χ4v) is 14.0. The molecule has 5 rings (SSSR count). The van der Waals surface area contributed by atoms with Crippen molar-refractivity contribution in [1.82, 2.24) is 4.90 Å². The average Bonchev–Trinajstić information content (AvgIpc) is 3.93. The highest BCUT2D eigenvalue weighted by Crippen LogP contribution is 2.67. The molecule has 1 heterocycles. The van der Waals surface area contributed by atoms with Gasteiger partial charge in [-0.2, -0.15) is 0 Å². The summed E-state index contributed by atoms with van der Waals surface area (Å²) in [4.78, 5) is 2.63.